The van der Waals surface area contributed by atoms with Crippen LogP contribution in [-0.4, -0.2) is 9.97 Å². The van der Waals surface area contributed by atoms with Crippen LogP contribution in [0.5, 0.6) is 0 Å². The van der Waals surface area contributed by atoms with Crippen molar-refractivity contribution in [2.45, 2.75) is 58.8 Å². The second-order valence-corrected chi connectivity index (χ2v) is 6.26. The second-order valence-electron chi connectivity index (χ2n) is 6.26. The predicted octanol–water partition coefficient (Wildman–Crippen LogP) is 5.03. The van der Waals surface area contributed by atoms with Crippen LogP contribution in [0, 0.1) is 6.92 Å². The van der Waals surface area contributed by atoms with Crippen LogP contribution in [0.15, 0.2) is 36.7 Å². The summed E-state index contributed by atoms with van der Waals surface area (Å²) in [5.74, 6) is 1.12. The Balaban J connectivity index is 1.82. The summed E-state index contributed by atoms with van der Waals surface area (Å²) < 4.78 is 0. The third-order valence-corrected chi connectivity index (χ3v) is 4.09. The van der Waals surface area contributed by atoms with E-state index in [1.807, 2.05) is 19.3 Å². The maximum absolute atomic E-state index is 4.57. The van der Waals surface area contributed by atoms with Crippen molar-refractivity contribution in [3.63, 3.8) is 0 Å². The van der Waals surface area contributed by atoms with Crippen LogP contribution in [0.25, 0.3) is 0 Å². The fourth-order valence-corrected chi connectivity index (χ4v) is 2.45. The van der Waals surface area contributed by atoms with Crippen LogP contribution in [0.3, 0.4) is 0 Å². The molecule has 0 aliphatic heterocycles. The lowest BCUT2D eigenvalue weighted by Crippen LogP contribution is -1.98. The highest BCUT2D eigenvalue weighted by Crippen LogP contribution is 2.21. The lowest BCUT2D eigenvalue weighted by Gasteiger charge is -2.11. The molecule has 0 saturated heterocycles. The Morgan fingerprint density at radius 3 is 2.19 bits per heavy atom. The smallest absolute Gasteiger partial charge is 0.0403 e. The third kappa shape index (κ3) is 4.66. The highest BCUT2D eigenvalue weighted by molar-refractivity contribution is 5.18. The highest BCUT2D eigenvalue weighted by Gasteiger charge is 2.06. The molecule has 1 atom stereocenters. The van der Waals surface area contributed by atoms with Gasteiger partial charge in [-0.1, -0.05) is 32.9 Å². The number of nitrogens with zero attached hydrogens (tertiary/aromatic N) is 2. The zero-order valence-electron chi connectivity index (χ0n) is 13.6. The molecule has 0 aliphatic carbocycles. The first-order chi connectivity index (χ1) is 10.1. The quantitative estimate of drug-likeness (QED) is 0.742. The van der Waals surface area contributed by atoms with Crippen LogP contribution < -0.4 is 0 Å². The van der Waals surface area contributed by atoms with Gasteiger partial charge in [-0.15, -0.1) is 0 Å². The van der Waals surface area contributed by atoms with Gasteiger partial charge in [0.15, 0.2) is 0 Å². The monoisotopic (exact) mass is 282 g/mol. The largest absolute Gasteiger partial charge is 0.261 e. The minimum Gasteiger partial charge on any atom is -0.261 e. The summed E-state index contributed by atoms with van der Waals surface area (Å²) in [4.78, 5) is 8.95. The molecule has 0 aliphatic rings. The van der Waals surface area contributed by atoms with Crippen molar-refractivity contribution >= 4 is 0 Å². The van der Waals surface area contributed by atoms with E-state index in [4.69, 9.17) is 0 Å². The summed E-state index contributed by atoms with van der Waals surface area (Å²) in [6.07, 6.45) is 7.44. The van der Waals surface area contributed by atoms with E-state index in [0.29, 0.717) is 11.8 Å². The van der Waals surface area contributed by atoms with E-state index in [1.54, 1.807) is 0 Å². The molecule has 2 rings (SSSR count). The summed E-state index contributed by atoms with van der Waals surface area (Å²) in [5, 5.41) is 0. The van der Waals surface area contributed by atoms with E-state index in [1.165, 1.54) is 29.7 Å². The van der Waals surface area contributed by atoms with E-state index in [-0.39, 0.29) is 0 Å². The lowest BCUT2D eigenvalue weighted by molar-refractivity contribution is 0.626. The summed E-state index contributed by atoms with van der Waals surface area (Å²) in [7, 11) is 0. The zero-order valence-corrected chi connectivity index (χ0v) is 13.6. The topological polar surface area (TPSA) is 25.8 Å². The molecular formula is C19H26N2. The van der Waals surface area contributed by atoms with Gasteiger partial charge < -0.3 is 0 Å². The summed E-state index contributed by atoms with van der Waals surface area (Å²) in [6.45, 7) is 8.71. The molecule has 2 heteroatoms. The van der Waals surface area contributed by atoms with Gasteiger partial charge in [0.1, 0.15) is 0 Å². The van der Waals surface area contributed by atoms with Crippen molar-refractivity contribution in [2.75, 3.05) is 0 Å². The fraction of sp³-hybridized carbons (Fsp3) is 0.474. The van der Waals surface area contributed by atoms with Gasteiger partial charge in [-0.05, 0) is 61.3 Å². The molecule has 2 heterocycles. The minimum atomic E-state index is 0.556. The van der Waals surface area contributed by atoms with Crippen LogP contribution in [0.4, 0.5) is 0 Å². The SMILES string of the molecule is Cc1ccc(C(C)CCCc2ccc(C(C)C)cn2)cn1. The number of aryl methyl sites for hydroxylation is 2. The molecule has 0 spiro atoms. The zero-order chi connectivity index (χ0) is 15.2. The minimum absolute atomic E-state index is 0.556. The van der Waals surface area contributed by atoms with E-state index < -0.39 is 0 Å². The van der Waals surface area contributed by atoms with Gasteiger partial charge in [0.25, 0.3) is 0 Å². The molecule has 112 valence electrons. The molecule has 2 aromatic heterocycles. The van der Waals surface area contributed by atoms with Gasteiger partial charge in [-0.3, -0.25) is 9.97 Å². The molecule has 0 saturated carbocycles. The number of hydrogen-bond acceptors (Lipinski definition) is 2. The van der Waals surface area contributed by atoms with Crippen molar-refractivity contribution in [1.29, 1.82) is 0 Å². The van der Waals surface area contributed by atoms with Crippen molar-refractivity contribution in [2.24, 2.45) is 0 Å². The highest BCUT2D eigenvalue weighted by atomic mass is 14.7. The van der Waals surface area contributed by atoms with Gasteiger partial charge in [-0.25, -0.2) is 0 Å². The Bertz CT molecular complexity index is 541. The number of rotatable bonds is 6. The third-order valence-electron chi connectivity index (χ3n) is 4.09. The molecule has 0 amide bonds. The molecule has 0 fully saturated rings. The number of hydrogen-bond donors (Lipinski definition) is 0. The van der Waals surface area contributed by atoms with Gasteiger partial charge in [0.2, 0.25) is 0 Å². The summed E-state index contributed by atoms with van der Waals surface area (Å²) in [6, 6.07) is 8.68. The van der Waals surface area contributed by atoms with E-state index in [2.05, 4.69) is 55.0 Å². The molecule has 21 heavy (non-hydrogen) atoms. The number of pyridine rings is 2. The van der Waals surface area contributed by atoms with Crippen molar-refractivity contribution in [3.05, 3.63) is 59.2 Å². The first-order valence-corrected chi connectivity index (χ1v) is 7.93. The van der Waals surface area contributed by atoms with Crippen LogP contribution in [0.2, 0.25) is 0 Å². The van der Waals surface area contributed by atoms with E-state index in [9.17, 15) is 0 Å². The van der Waals surface area contributed by atoms with Gasteiger partial charge >= 0.3 is 0 Å². The van der Waals surface area contributed by atoms with E-state index >= 15 is 0 Å². The Hall–Kier alpha value is -1.70. The average molecular weight is 282 g/mol. The maximum atomic E-state index is 4.57. The first-order valence-electron chi connectivity index (χ1n) is 7.93. The molecule has 2 nitrogen and oxygen atoms in total. The molecule has 0 radical (unpaired) electrons. The van der Waals surface area contributed by atoms with Gasteiger partial charge in [0, 0.05) is 23.8 Å². The van der Waals surface area contributed by atoms with Crippen LogP contribution in [-0.2, 0) is 6.42 Å². The average Bonchev–Trinajstić information content (AvgIpc) is 2.48. The normalized spacial score (nSPS) is 12.6. The Morgan fingerprint density at radius 2 is 1.62 bits per heavy atom. The van der Waals surface area contributed by atoms with E-state index in [0.717, 1.165) is 12.1 Å². The molecule has 0 N–H and O–H groups in total. The van der Waals surface area contributed by atoms with Gasteiger partial charge in [0.05, 0.1) is 0 Å². The Morgan fingerprint density at radius 1 is 0.905 bits per heavy atom. The molecule has 1 unspecified atom stereocenters. The fourth-order valence-electron chi connectivity index (χ4n) is 2.45. The van der Waals surface area contributed by atoms with Crippen molar-refractivity contribution < 1.29 is 0 Å². The molecule has 2 aromatic rings. The summed E-state index contributed by atoms with van der Waals surface area (Å²) in [5.41, 5.74) is 4.94. The molecule has 0 bridgehead atoms. The predicted molar refractivity (Wildman–Crippen MR) is 88.7 cm³/mol. The first kappa shape index (κ1) is 15.7. The lowest BCUT2D eigenvalue weighted by atomic mass is 9.96. The van der Waals surface area contributed by atoms with Gasteiger partial charge in [-0.2, -0.15) is 0 Å². The molecular weight excluding hydrogens is 256 g/mol. The Labute approximate surface area is 128 Å². The standard InChI is InChI=1S/C19H26N2/c1-14(2)17-10-11-19(21-12-17)7-5-6-15(3)18-9-8-16(4)20-13-18/h8-15H,5-7H2,1-4H3. The number of aromatic nitrogens is 2. The Kier molecular flexibility index (Phi) is 5.49. The van der Waals surface area contributed by atoms with Crippen LogP contribution >= 0.6 is 0 Å². The van der Waals surface area contributed by atoms with Crippen molar-refractivity contribution in [3.8, 4) is 0 Å². The second kappa shape index (κ2) is 7.35. The van der Waals surface area contributed by atoms with Crippen LogP contribution in [0.1, 0.15) is 68.0 Å². The maximum Gasteiger partial charge on any atom is 0.0403 e. The molecule has 0 aromatic carbocycles. The van der Waals surface area contributed by atoms with Crippen molar-refractivity contribution in [1.82, 2.24) is 9.97 Å². The summed E-state index contributed by atoms with van der Waals surface area (Å²) >= 11 is 0.